The molecule has 0 atom stereocenters. The summed E-state index contributed by atoms with van der Waals surface area (Å²) in [6.07, 6.45) is 1.59. The van der Waals surface area contributed by atoms with Crippen LogP contribution in [0.1, 0.15) is 11.1 Å². The van der Waals surface area contributed by atoms with Crippen LogP contribution >= 0.6 is 0 Å². The normalized spacial score (nSPS) is 10.5. The summed E-state index contributed by atoms with van der Waals surface area (Å²) in [5.74, 6) is 0.829. The lowest BCUT2D eigenvalue weighted by Gasteiger charge is -2.10. The van der Waals surface area contributed by atoms with Gasteiger partial charge in [-0.3, -0.25) is 0 Å². The Kier molecular flexibility index (Phi) is 4.29. The maximum Gasteiger partial charge on any atom is 0.229 e. The number of benzene rings is 2. The van der Waals surface area contributed by atoms with Crippen LogP contribution in [-0.2, 0) is 0 Å². The first-order valence-electron chi connectivity index (χ1n) is 7.44. The number of nitrogens with zero attached hydrogens (tertiary/aromatic N) is 2. The van der Waals surface area contributed by atoms with Crippen molar-refractivity contribution >= 4 is 23.1 Å². The van der Waals surface area contributed by atoms with E-state index in [1.807, 2.05) is 19.1 Å². The summed E-state index contributed by atoms with van der Waals surface area (Å²) >= 11 is 0. The van der Waals surface area contributed by atoms with Crippen molar-refractivity contribution in [2.75, 3.05) is 10.6 Å². The monoisotopic (exact) mass is 324 g/mol. The predicted octanol–water partition coefficient (Wildman–Crippen LogP) is 4.43. The number of hydrogen-bond donors (Lipinski definition) is 3. The van der Waals surface area contributed by atoms with E-state index in [9.17, 15) is 9.50 Å². The quantitative estimate of drug-likeness (QED) is 0.662. The fourth-order valence-electron chi connectivity index (χ4n) is 2.12. The summed E-state index contributed by atoms with van der Waals surface area (Å²) in [6, 6.07) is 11.8. The molecule has 122 valence electrons. The van der Waals surface area contributed by atoms with Crippen molar-refractivity contribution in [2.24, 2.45) is 0 Å². The average Bonchev–Trinajstić information content (AvgIpc) is 2.55. The van der Waals surface area contributed by atoms with Crippen LogP contribution in [0.3, 0.4) is 0 Å². The second-order valence-electron chi connectivity index (χ2n) is 5.48. The van der Waals surface area contributed by atoms with Crippen LogP contribution in [0, 0.1) is 19.7 Å². The van der Waals surface area contributed by atoms with E-state index in [4.69, 9.17) is 0 Å². The van der Waals surface area contributed by atoms with Gasteiger partial charge in [-0.1, -0.05) is 12.1 Å². The third-order valence-corrected chi connectivity index (χ3v) is 3.57. The van der Waals surface area contributed by atoms with Gasteiger partial charge < -0.3 is 15.7 Å². The van der Waals surface area contributed by atoms with E-state index >= 15 is 0 Å². The second-order valence-corrected chi connectivity index (χ2v) is 5.48. The molecule has 0 bridgehead atoms. The molecule has 5 nitrogen and oxygen atoms in total. The highest BCUT2D eigenvalue weighted by molar-refractivity contribution is 5.61. The zero-order valence-electron chi connectivity index (χ0n) is 13.3. The van der Waals surface area contributed by atoms with E-state index in [1.165, 1.54) is 6.07 Å². The topological polar surface area (TPSA) is 70.1 Å². The van der Waals surface area contributed by atoms with Gasteiger partial charge in [-0.25, -0.2) is 9.37 Å². The molecule has 0 saturated carbocycles. The van der Waals surface area contributed by atoms with Gasteiger partial charge in [0.2, 0.25) is 5.95 Å². The molecule has 0 unspecified atom stereocenters. The van der Waals surface area contributed by atoms with Gasteiger partial charge >= 0.3 is 0 Å². The number of nitrogens with one attached hydrogen (secondary N) is 2. The molecule has 3 rings (SSSR count). The third kappa shape index (κ3) is 3.60. The largest absolute Gasteiger partial charge is 0.508 e. The van der Waals surface area contributed by atoms with E-state index in [0.717, 1.165) is 5.56 Å². The first kappa shape index (κ1) is 15.7. The highest BCUT2D eigenvalue weighted by Crippen LogP contribution is 2.24. The Morgan fingerprint density at radius 3 is 2.33 bits per heavy atom. The van der Waals surface area contributed by atoms with Crippen LogP contribution in [0.4, 0.5) is 27.5 Å². The zero-order valence-corrected chi connectivity index (χ0v) is 13.3. The Morgan fingerprint density at radius 1 is 0.917 bits per heavy atom. The number of aryl methyl sites for hydroxylation is 2. The molecule has 0 fully saturated rings. The smallest absolute Gasteiger partial charge is 0.229 e. The van der Waals surface area contributed by atoms with Crippen molar-refractivity contribution in [3.63, 3.8) is 0 Å². The molecule has 0 aliphatic carbocycles. The van der Waals surface area contributed by atoms with E-state index < -0.39 is 0 Å². The van der Waals surface area contributed by atoms with Crippen molar-refractivity contribution in [1.29, 1.82) is 0 Å². The number of aromatic hydroxyl groups is 1. The first-order valence-corrected chi connectivity index (χ1v) is 7.44. The molecule has 6 heteroatoms. The molecule has 0 radical (unpaired) electrons. The standard InChI is InChI=1S/C18H17FN4O/c1-11-3-5-13(9-15(11)19)22-18-20-8-7-17(23-18)21-14-6-4-12(2)16(24)10-14/h3-10,24H,1-2H3,(H2,20,21,22,23). The van der Waals surface area contributed by atoms with Gasteiger partial charge in [-0.05, 0) is 49.2 Å². The summed E-state index contributed by atoms with van der Waals surface area (Å²) in [4.78, 5) is 8.46. The van der Waals surface area contributed by atoms with Crippen LogP contribution in [0.25, 0.3) is 0 Å². The van der Waals surface area contributed by atoms with Crippen molar-refractivity contribution in [1.82, 2.24) is 9.97 Å². The third-order valence-electron chi connectivity index (χ3n) is 3.57. The molecule has 1 heterocycles. The fourth-order valence-corrected chi connectivity index (χ4v) is 2.12. The highest BCUT2D eigenvalue weighted by atomic mass is 19.1. The van der Waals surface area contributed by atoms with Gasteiger partial charge in [0.1, 0.15) is 17.4 Å². The highest BCUT2D eigenvalue weighted by Gasteiger charge is 2.04. The first-order chi connectivity index (χ1) is 11.5. The van der Waals surface area contributed by atoms with Crippen LogP contribution in [0.15, 0.2) is 48.7 Å². The molecule has 24 heavy (non-hydrogen) atoms. The SMILES string of the molecule is Cc1ccc(Nc2ccnc(Nc3ccc(C)c(F)c3)n2)cc1O. The van der Waals surface area contributed by atoms with Crippen LogP contribution in [0.2, 0.25) is 0 Å². The molecule has 0 amide bonds. The molecule has 1 aromatic heterocycles. The number of aromatic nitrogens is 2. The van der Waals surface area contributed by atoms with Gasteiger partial charge in [0, 0.05) is 23.6 Å². The summed E-state index contributed by atoms with van der Waals surface area (Å²) in [5.41, 5.74) is 2.66. The van der Waals surface area contributed by atoms with E-state index in [-0.39, 0.29) is 11.6 Å². The number of hydrogen-bond acceptors (Lipinski definition) is 5. The molecule has 3 N–H and O–H groups in total. The maximum absolute atomic E-state index is 13.6. The molecule has 0 saturated heterocycles. The van der Waals surface area contributed by atoms with E-state index in [0.29, 0.717) is 28.7 Å². The number of phenolic OH excluding ortho intramolecular Hbond substituents is 1. The predicted molar refractivity (Wildman–Crippen MR) is 92.6 cm³/mol. The van der Waals surface area contributed by atoms with Crippen LogP contribution < -0.4 is 10.6 Å². The molecule has 0 spiro atoms. The van der Waals surface area contributed by atoms with Crippen molar-refractivity contribution in [3.8, 4) is 5.75 Å². The van der Waals surface area contributed by atoms with Crippen LogP contribution in [0.5, 0.6) is 5.75 Å². The lowest BCUT2D eigenvalue weighted by atomic mass is 10.2. The van der Waals surface area contributed by atoms with Gasteiger partial charge in [0.15, 0.2) is 0 Å². The Morgan fingerprint density at radius 2 is 1.62 bits per heavy atom. The Hall–Kier alpha value is -3.15. The molecular formula is C18H17FN4O. The minimum absolute atomic E-state index is 0.211. The molecule has 0 aliphatic heterocycles. The second kappa shape index (κ2) is 6.54. The van der Waals surface area contributed by atoms with E-state index in [1.54, 1.807) is 37.4 Å². The van der Waals surface area contributed by atoms with Gasteiger partial charge in [-0.2, -0.15) is 4.98 Å². The van der Waals surface area contributed by atoms with Gasteiger partial charge in [0.05, 0.1) is 0 Å². The number of rotatable bonds is 4. The van der Waals surface area contributed by atoms with Crippen molar-refractivity contribution in [3.05, 3.63) is 65.6 Å². The lowest BCUT2D eigenvalue weighted by molar-refractivity contribution is 0.471. The number of phenols is 1. The minimum Gasteiger partial charge on any atom is -0.508 e. The Bertz CT molecular complexity index is 814. The van der Waals surface area contributed by atoms with Crippen LogP contribution in [-0.4, -0.2) is 15.1 Å². The van der Waals surface area contributed by atoms with E-state index in [2.05, 4.69) is 20.6 Å². The lowest BCUT2D eigenvalue weighted by Crippen LogP contribution is -2.01. The molecule has 0 aliphatic rings. The van der Waals surface area contributed by atoms with Gasteiger partial charge in [-0.15, -0.1) is 0 Å². The summed E-state index contributed by atoms with van der Waals surface area (Å²) in [5, 5.41) is 15.8. The molecule has 3 aromatic rings. The Balaban J connectivity index is 1.78. The summed E-state index contributed by atoms with van der Waals surface area (Å²) < 4.78 is 13.6. The minimum atomic E-state index is -0.288. The fraction of sp³-hybridized carbons (Fsp3) is 0.111. The van der Waals surface area contributed by atoms with Crippen molar-refractivity contribution in [2.45, 2.75) is 13.8 Å². The van der Waals surface area contributed by atoms with Crippen molar-refractivity contribution < 1.29 is 9.50 Å². The Labute approximate surface area is 139 Å². The summed E-state index contributed by atoms with van der Waals surface area (Å²) in [7, 11) is 0. The number of anilines is 4. The van der Waals surface area contributed by atoms with Gasteiger partial charge in [0.25, 0.3) is 0 Å². The maximum atomic E-state index is 13.6. The summed E-state index contributed by atoms with van der Waals surface area (Å²) in [6.45, 7) is 3.53. The average molecular weight is 324 g/mol. The number of halogens is 1. The zero-order chi connectivity index (χ0) is 17.1. The molecular weight excluding hydrogens is 307 g/mol. The molecule has 2 aromatic carbocycles.